The molecule has 26 heavy (non-hydrogen) atoms. The molecule has 1 fully saturated rings. The van der Waals surface area contributed by atoms with E-state index in [0.29, 0.717) is 17.4 Å². The third kappa shape index (κ3) is 4.88. The predicted octanol–water partition coefficient (Wildman–Crippen LogP) is 3.61. The van der Waals surface area contributed by atoms with Crippen molar-refractivity contribution in [3.8, 4) is 5.75 Å². The van der Waals surface area contributed by atoms with E-state index in [0.717, 1.165) is 12.8 Å². The Hall–Kier alpha value is -2.76. The number of hydrogen-bond donors (Lipinski definition) is 2. The summed E-state index contributed by atoms with van der Waals surface area (Å²) in [5, 5.41) is 5.79. The van der Waals surface area contributed by atoms with Gasteiger partial charge in [0.1, 0.15) is 5.75 Å². The second-order valence-corrected chi connectivity index (χ2v) is 6.68. The lowest BCUT2D eigenvalue weighted by Crippen LogP contribution is -2.43. The highest BCUT2D eigenvalue weighted by Crippen LogP contribution is 2.23. The number of amides is 2. The zero-order chi connectivity index (χ0) is 18.4. The molecule has 0 spiro atoms. The van der Waals surface area contributed by atoms with E-state index in [9.17, 15) is 9.59 Å². The molecule has 0 saturated heterocycles. The largest absolute Gasteiger partial charge is 0.484 e. The normalized spacial score (nSPS) is 19.6. The third-order valence-corrected chi connectivity index (χ3v) is 4.68. The molecule has 2 aromatic rings. The lowest BCUT2D eigenvalue weighted by atomic mass is 9.86. The zero-order valence-corrected chi connectivity index (χ0v) is 14.9. The van der Waals surface area contributed by atoms with Crippen LogP contribution in [0.25, 0.3) is 0 Å². The topological polar surface area (TPSA) is 80.6 Å². The Morgan fingerprint density at radius 2 is 1.92 bits per heavy atom. The second-order valence-electron chi connectivity index (χ2n) is 6.68. The molecule has 6 nitrogen and oxygen atoms in total. The number of ether oxygens (including phenoxy) is 1. The van der Waals surface area contributed by atoms with Gasteiger partial charge in [-0.2, -0.15) is 0 Å². The number of carbonyl (C=O) groups excluding carboxylic acids is 2. The molecular weight excluding hydrogens is 332 g/mol. The van der Waals surface area contributed by atoms with Crippen molar-refractivity contribution >= 4 is 17.5 Å². The summed E-state index contributed by atoms with van der Waals surface area (Å²) in [6.07, 6.45) is 6.06. The molecule has 6 heteroatoms. The molecule has 2 atom stereocenters. The van der Waals surface area contributed by atoms with Crippen molar-refractivity contribution in [1.82, 2.24) is 5.32 Å². The van der Waals surface area contributed by atoms with Crippen molar-refractivity contribution in [2.45, 2.75) is 38.6 Å². The van der Waals surface area contributed by atoms with Crippen molar-refractivity contribution in [2.24, 2.45) is 5.92 Å². The van der Waals surface area contributed by atoms with Crippen molar-refractivity contribution in [1.29, 1.82) is 0 Å². The molecule has 1 saturated carbocycles. The molecule has 1 aliphatic rings. The maximum Gasteiger partial charge on any atom is 0.291 e. The number of carbonyl (C=O) groups is 2. The lowest BCUT2D eigenvalue weighted by molar-refractivity contribution is -0.124. The van der Waals surface area contributed by atoms with Crippen molar-refractivity contribution in [3.05, 3.63) is 48.4 Å². The van der Waals surface area contributed by atoms with Crippen molar-refractivity contribution in [3.63, 3.8) is 0 Å². The van der Waals surface area contributed by atoms with Gasteiger partial charge in [0.05, 0.1) is 6.26 Å². The Morgan fingerprint density at radius 3 is 2.62 bits per heavy atom. The average Bonchev–Trinajstić information content (AvgIpc) is 3.18. The van der Waals surface area contributed by atoms with Crippen LogP contribution in [-0.2, 0) is 4.79 Å². The van der Waals surface area contributed by atoms with Gasteiger partial charge in [-0.05, 0) is 55.2 Å². The monoisotopic (exact) mass is 356 g/mol. The van der Waals surface area contributed by atoms with Crippen LogP contribution in [0.1, 0.15) is 43.2 Å². The van der Waals surface area contributed by atoms with E-state index in [2.05, 4.69) is 17.6 Å². The Kier molecular flexibility index (Phi) is 5.94. The second kappa shape index (κ2) is 8.56. The first kappa shape index (κ1) is 18.0. The molecule has 0 aliphatic heterocycles. The zero-order valence-electron chi connectivity index (χ0n) is 14.9. The Morgan fingerprint density at radius 1 is 1.15 bits per heavy atom. The minimum atomic E-state index is -0.315. The Bertz CT molecular complexity index is 725. The maximum absolute atomic E-state index is 12.1. The van der Waals surface area contributed by atoms with Crippen LogP contribution in [0.4, 0.5) is 5.69 Å². The fourth-order valence-corrected chi connectivity index (χ4v) is 3.16. The summed E-state index contributed by atoms with van der Waals surface area (Å²) in [6, 6.07) is 10.4. The summed E-state index contributed by atoms with van der Waals surface area (Å²) in [4.78, 5) is 24.0. The molecule has 0 radical (unpaired) electrons. The molecule has 138 valence electrons. The molecule has 2 amide bonds. The van der Waals surface area contributed by atoms with Crippen LogP contribution in [0, 0.1) is 5.92 Å². The van der Waals surface area contributed by atoms with E-state index in [1.54, 1.807) is 36.4 Å². The van der Waals surface area contributed by atoms with Crippen LogP contribution >= 0.6 is 0 Å². The minimum absolute atomic E-state index is 0.0126. The number of benzene rings is 1. The smallest absolute Gasteiger partial charge is 0.291 e. The van der Waals surface area contributed by atoms with E-state index in [1.165, 1.54) is 19.1 Å². The van der Waals surface area contributed by atoms with Gasteiger partial charge < -0.3 is 19.8 Å². The van der Waals surface area contributed by atoms with E-state index < -0.39 is 0 Å². The van der Waals surface area contributed by atoms with Gasteiger partial charge in [-0.1, -0.05) is 19.8 Å². The fraction of sp³-hybridized carbons (Fsp3) is 0.400. The van der Waals surface area contributed by atoms with E-state index in [1.807, 2.05) is 0 Å². The van der Waals surface area contributed by atoms with Gasteiger partial charge in [0.15, 0.2) is 12.4 Å². The number of furan rings is 1. The van der Waals surface area contributed by atoms with Gasteiger partial charge in [0.25, 0.3) is 11.8 Å². The third-order valence-electron chi connectivity index (χ3n) is 4.68. The summed E-state index contributed by atoms with van der Waals surface area (Å²) in [5.41, 5.74) is 0.624. The van der Waals surface area contributed by atoms with Gasteiger partial charge in [0, 0.05) is 11.7 Å². The highest BCUT2D eigenvalue weighted by Gasteiger charge is 2.22. The number of hydrogen-bond acceptors (Lipinski definition) is 4. The van der Waals surface area contributed by atoms with Gasteiger partial charge >= 0.3 is 0 Å². The molecule has 0 bridgehead atoms. The van der Waals surface area contributed by atoms with E-state index >= 15 is 0 Å². The Balaban J connectivity index is 1.45. The van der Waals surface area contributed by atoms with Crippen LogP contribution in [0.3, 0.4) is 0 Å². The van der Waals surface area contributed by atoms with Crippen LogP contribution in [0.2, 0.25) is 0 Å². The predicted molar refractivity (Wildman–Crippen MR) is 98.2 cm³/mol. The quantitative estimate of drug-likeness (QED) is 0.829. The van der Waals surface area contributed by atoms with Gasteiger partial charge in [-0.3, -0.25) is 9.59 Å². The number of nitrogens with one attached hydrogen (secondary N) is 2. The molecular formula is C20H24N2O4. The first-order chi connectivity index (χ1) is 12.6. The fourth-order valence-electron chi connectivity index (χ4n) is 3.16. The van der Waals surface area contributed by atoms with Crippen LogP contribution in [-0.4, -0.2) is 24.5 Å². The molecule has 1 aromatic carbocycles. The lowest BCUT2D eigenvalue weighted by Gasteiger charge is -2.29. The minimum Gasteiger partial charge on any atom is -0.484 e. The highest BCUT2D eigenvalue weighted by atomic mass is 16.5. The highest BCUT2D eigenvalue weighted by molar-refractivity contribution is 6.02. The van der Waals surface area contributed by atoms with Crippen LogP contribution in [0.5, 0.6) is 5.75 Å². The van der Waals surface area contributed by atoms with Crippen LogP contribution < -0.4 is 15.4 Å². The standard InChI is InChI=1S/C20H24N2O4/c1-14-5-2-3-6-17(14)22-19(23)13-26-16-10-8-15(9-11-16)21-20(24)18-7-4-12-25-18/h4,7-12,14,17H,2-3,5-6,13H2,1H3,(H,21,24)(H,22,23). The van der Waals surface area contributed by atoms with Crippen LogP contribution in [0.15, 0.2) is 47.1 Å². The molecule has 1 aromatic heterocycles. The summed E-state index contributed by atoms with van der Waals surface area (Å²) in [7, 11) is 0. The molecule has 1 heterocycles. The SMILES string of the molecule is CC1CCCCC1NC(=O)COc1ccc(NC(=O)c2ccco2)cc1. The molecule has 3 rings (SSSR count). The molecule has 2 unspecified atom stereocenters. The van der Waals surface area contributed by atoms with Crippen molar-refractivity contribution < 1.29 is 18.7 Å². The first-order valence-corrected chi connectivity index (χ1v) is 8.99. The summed E-state index contributed by atoms with van der Waals surface area (Å²) < 4.78 is 10.6. The summed E-state index contributed by atoms with van der Waals surface area (Å²) in [6.45, 7) is 2.17. The number of anilines is 1. The van der Waals surface area contributed by atoms with E-state index in [4.69, 9.17) is 9.15 Å². The first-order valence-electron chi connectivity index (χ1n) is 8.99. The Labute approximate surface area is 152 Å². The van der Waals surface area contributed by atoms with Gasteiger partial charge in [0.2, 0.25) is 0 Å². The summed E-state index contributed by atoms with van der Waals surface area (Å²) in [5.74, 6) is 0.931. The van der Waals surface area contributed by atoms with Gasteiger partial charge in [-0.15, -0.1) is 0 Å². The van der Waals surface area contributed by atoms with Gasteiger partial charge in [-0.25, -0.2) is 0 Å². The number of rotatable bonds is 6. The maximum atomic E-state index is 12.1. The van der Waals surface area contributed by atoms with E-state index in [-0.39, 0.29) is 30.2 Å². The van der Waals surface area contributed by atoms with Crippen molar-refractivity contribution in [2.75, 3.05) is 11.9 Å². The average molecular weight is 356 g/mol. The molecule has 2 N–H and O–H groups in total. The molecule has 1 aliphatic carbocycles. The summed E-state index contributed by atoms with van der Waals surface area (Å²) >= 11 is 0.